The van der Waals surface area contributed by atoms with E-state index in [9.17, 15) is 4.79 Å². The summed E-state index contributed by atoms with van der Waals surface area (Å²) in [5.74, 6) is -0.162. The van der Waals surface area contributed by atoms with Gasteiger partial charge in [0.05, 0.1) is 7.11 Å². The van der Waals surface area contributed by atoms with Gasteiger partial charge in [0.1, 0.15) is 17.4 Å². The number of carbonyl (C=O) groups excluding carboxylic acids is 1. The monoisotopic (exact) mass is 252 g/mol. The average molecular weight is 252 g/mol. The minimum absolute atomic E-state index is 0.102. The van der Waals surface area contributed by atoms with Crippen molar-refractivity contribution in [2.45, 2.75) is 0 Å². The van der Waals surface area contributed by atoms with Gasteiger partial charge in [-0.25, -0.2) is 0 Å². The molecule has 0 saturated heterocycles. The lowest BCUT2D eigenvalue weighted by Gasteiger charge is -2.09. The van der Waals surface area contributed by atoms with E-state index < -0.39 is 5.91 Å². The smallest absolute Gasteiger partial charge is 0.259 e. The molecule has 0 aliphatic rings. The van der Waals surface area contributed by atoms with E-state index in [1.807, 2.05) is 30.3 Å². The molecule has 4 nitrogen and oxygen atoms in total. The molecule has 0 unspecified atom stereocenters. The highest BCUT2D eigenvalue weighted by Gasteiger charge is 2.10. The Hall–Kier alpha value is -2.80. The SMILES string of the molecule is COc1ccc2ccccc2c1/C=C(\C#N)C(N)=O. The van der Waals surface area contributed by atoms with Crippen LogP contribution in [0.4, 0.5) is 0 Å². The number of nitriles is 1. The number of primary amides is 1. The van der Waals surface area contributed by atoms with Crippen LogP contribution in [0.1, 0.15) is 5.56 Å². The molecule has 94 valence electrons. The van der Waals surface area contributed by atoms with Gasteiger partial charge in [-0.15, -0.1) is 0 Å². The molecule has 1 amide bonds. The van der Waals surface area contributed by atoms with Crippen molar-refractivity contribution in [2.75, 3.05) is 7.11 Å². The molecule has 0 aliphatic heterocycles. The van der Waals surface area contributed by atoms with Gasteiger partial charge in [-0.3, -0.25) is 4.79 Å². The average Bonchev–Trinajstić information content (AvgIpc) is 2.44. The first kappa shape index (κ1) is 12.7. The number of fused-ring (bicyclic) bond motifs is 1. The molecular formula is C15H12N2O2. The molecule has 0 aliphatic carbocycles. The summed E-state index contributed by atoms with van der Waals surface area (Å²) in [6.45, 7) is 0. The maximum atomic E-state index is 11.2. The van der Waals surface area contributed by atoms with Crippen LogP contribution in [0, 0.1) is 11.3 Å². The van der Waals surface area contributed by atoms with Crippen molar-refractivity contribution in [1.29, 1.82) is 5.26 Å². The number of ether oxygens (including phenoxy) is 1. The molecule has 0 aromatic heterocycles. The zero-order valence-corrected chi connectivity index (χ0v) is 10.4. The first-order valence-corrected chi connectivity index (χ1v) is 5.64. The van der Waals surface area contributed by atoms with E-state index in [4.69, 9.17) is 15.7 Å². The summed E-state index contributed by atoms with van der Waals surface area (Å²) in [4.78, 5) is 11.2. The lowest BCUT2D eigenvalue weighted by molar-refractivity contribution is -0.114. The van der Waals surface area contributed by atoms with Crippen LogP contribution >= 0.6 is 0 Å². The quantitative estimate of drug-likeness (QED) is 0.672. The van der Waals surface area contributed by atoms with Crippen LogP contribution in [-0.2, 0) is 4.79 Å². The lowest BCUT2D eigenvalue weighted by atomic mass is 10.0. The second-order valence-electron chi connectivity index (χ2n) is 3.94. The Balaban J connectivity index is 2.77. The highest BCUT2D eigenvalue weighted by atomic mass is 16.5. The van der Waals surface area contributed by atoms with Crippen LogP contribution in [0.25, 0.3) is 16.8 Å². The molecule has 4 heteroatoms. The number of nitrogens with zero attached hydrogens (tertiary/aromatic N) is 1. The predicted octanol–water partition coefficient (Wildman–Crippen LogP) is 2.24. The highest BCUT2D eigenvalue weighted by Crippen LogP contribution is 2.29. The Labute approximate surface area is 110 Å². The minimum atomic E-state index is -0.752. The van der Waals surface area contributed by atoms with Gasteiger partial charge in [-0.1, -0.05) is 30.3 Å². The highest BCUT2D eigenvalue weighted by molar-refractivity contribution is 6.04. The van der Waals surface area contributed by atoms with Gasteiger partial charge in [-0.05, 0) is 22.9 Å². The van der Waals surface area contributed by atoms with Crippen LogP contribution in [0.5, 0.6) is 5.75 Å². The summed E-state index contributed by atoms with van der Waals surface area (Å²) in [5.41, 5.74) is 5.73. The third-order valence-corrected chi connectivity index (χ3v) is 2.83. The minimum Gasteiger partial charge on any atom is -0.496 e. The topological polar surface area (TPSA) is 76.1 Å². The van der Waals surface area contributed by atoms with Gasteiger partial charge >= 0.3 is 0 Å². The predicted molar refractivity (Wildman–Crippen MR) is 73.3 cm³/mol. The van der Waals surface area contributed by atoms with E-state index in [-0.39, 0.29) is 5.57 Å². The molecule has 2 aromatic carbocycles. The van der Waals surface area contributed by atoms with Gasteiger partial charge < -0.3 is 10.5 Å². The number of hydrogen-bond donors (Lipinski definition) is 1. The Morgan fingerprint density at radius 2 is 2.05 bits per heavy atom. The molecular weight excluding hydrogens is 240 g/mol. The van der Waals surface area contributed by atoms with Crippen molar-refractivity contribution in [3.63, 3.8) is 0 Å². The van der Waals surface area contributed by atoms with Gasteiger partial charge in [0.2, 0.25) is 0 Å². The Kier molecular flexibility index (Phi) is 3.48. The van der Waals surface area contributed by atoms with Crippen molar-refractivity contribution in [3.05, 3.63) is 47.5 Å². The number of amides is 1. The number of carbonyl (C=O) groups is 1. The molecule has 2 rings (SSSR count). The fraction of sp³-hybridized carbons (Fsp3) is 0.0667. The van der Waals surface area contributed by atoms with Crippen molar-refractivity contribution in [2.24, 2.45) is 5.73 Å². The van der Waals surface area contributed by atoms with E-state index in [0.29, 0.717) is 11.3 Å². The maximum absolute atomic E-state index is 11.2. The summed E-state index contributed by atoms with van der Waals surface area (Å²) in [6, 6.07) is 13.2. The Bertz CT molecular complexity index is 712. The largest absolute Gasteiger partial charge is 0.496 e. The van der Waals surface area contributed by atoms with Crippen LogP contribution in [0.3, 0.4) is 0 Å². The normalized spacial score (nSPS) is 11.1. The Morgan fingerprint density at radius 1 is 1.32 bits per heavy atom. The Morgan fingerprint density at radius 3 is 2.68 bits per heavy atom. The number of methoxy groups -OCH3 is 1. The van der Waals surface area contributed by atoms with Crippen LogP contribution < -0.4 is 10.5 Å². The standard InChI is InChI=1S/C15H12N2O2/c1-19-14-7-6-10-4-2-3-5-12(10)13(14)8-11(9-16)15(17)18/h2-8H,1H3,(H2,17,18)/b11-8+. The molecule has 2 N–H and O–H groups in total. The molecule has 2 aromatic rings. The molecule has 0 radical (unpaired) electrons. The van der Waals surface area contributed by atoms with Crippen LogP contribution in [0.15, 0.2) is 42.0 Å². The number of benzene rings is 2. The van der Waals surface area contributed by atoms with E-state index in [1.165, 1.54) is 13.2 Å². The molecule has 19 heavy (non-hydrogen) atoms. The van der Waals surface area contributed by atoms with Gasteiger partial charge in [-0.2, -0.15) is 5.26 Å². The molecule has 0 heterocycles. The van der Waals surface area contributed by atoms with E-state index in [2.05, 4.69) is 0 Å². The number of nitrogens with two attached hydrogens (primary N) is 1. The summed E-state index contributed by atoms with van der Waals surface area (Å²) >= 11 is 0. The van der Waals surface area contributed by atoms with Crippen molar-refractivity contribution >= 4 is 22.8 Å². The summed E-state index contributed by atoms with van der Waals surface area (Å²) < 4.78 is 5.27. The van der Waals surface area contributed by atoms with Gasteiger partial charge in [0, 0.05) is 5.56 Å². The van der Waals surface area contributed by atoms with Gasteiger partial charge in [0.15, 0.2) is 0 Å². The lowest BCUT2D eigenvalue weighted by Crippen LogP contribution is -2.12. The molecule has 0 bridgehead atoms. The van der Waals surface area contributed by atoms with E-state index in [1.54, 1.807) is 12.1 Å². The third-order valence-electron chi connectivity index (χ3n) is 2.83. The molecule has 0 saturated carbocycles. The first-order chi connectivity index (χ1) is 9.17. The fourth-order valence-corrected chi connectivity index (χ4v) is 1.91. The third kappa shape index (κ3) is 2.40. The summed E-state index contributed by atoms with van der Waals surface area (Å²) in [6.07, 6.45) is 1.46. The van der Waals surface area contributed by atoms with Crippen molar-refractivity contribution in [1.82, 2.24) is 0 Å². The summed E-state index contributed by atoms with van der Waals surface area (Å²) in [7, 11) is 1.54. The fourth-order valence-electron chi connectivity index (χ4n) is 1.91. The maximum Gasteiger partial charge on any atom is 0.259 e. The zero-order valence-electron chi connectivity index (χ0n) is 10.4. The second-order valence-corrected chi connectivity index (χ2v) is 3.94. The molecule has 0 spiro atoms. The van der Waals surface area contributed by atoms with Crippen molar-refractivity contribution < 1.29 is 9.53 Å². The van der Waals surface area contributed by atoms with Crippen LogP contribution in [-0.4, -0.2) is 13.0 Å². The molecule has 0 fully saturated rings. The molecule has 0 atom stereocenters. The van der Waals surface area contributed by atoms with Crippen molar-refractivity contribution in [3.8, 4) is 11.8 Å². The second kappa shape index (κ2) is 5.23. The summed E-state index contributed by atoms with van der Waals surface area (Å²) in [5, 5.41) is 10.8. The van der Waals surface area contributed by atoms with E-state index in [0.717, 1.165) is 10.8 Å². The number of rotatable bonds is 3. The number of hydrogen-bond acceptors (Lipinski definition) is 3. The van der Waals surface area contributed by atoms with E-state index >= 15 is 0 Å². The van der Waals surface area contributed by atoms with Gasteiger partial charge in [0.25, 0.3) is 5.91 Å². The van der Waals surface area contributed by atoms with Crippen LogP contribution in [0.2, 0.25) is 0 Å². The first-order valence-electron chi connectivity index (χ1n) is 5.64. The zero-order chi connectivity index (χ0) is 13.8.